The number of hydrogen-bond donors (Lipinski definition) is 0. The summed E-state index contributed by atoms with van der Waals surface area (Å²) in [4.78, 5) is 12.0. The molecule has 1 rings (SSSR count). The SMILES string of the molecule is C=CC/C(=C\c1ccccc1)C(=O)OC(C)(C)C. The number of allylic oxidation sites excluding steroid dienone is 1. The Balaban J connectivity index is 2.92. The van der Waals surface area contributed by atoms with Crippen LogP contribution in [0.2, 0.25) is 0 Å². The predicted molar refractivity (Wildman–Crippen MR) is 75.1 cm³/mol. The van der Waals surface area contributed by atoms with E-state index in [0.29, 0.717) is 12.0 Å². The van der Waals surface area contributed by atoms with Gasteiger partial charge in [0.2, 0.25) is 0 Å². The van der Waals surface area contributed by atoms with Crippen LogP contribution in [0.5, 0.6) is 0 Å². The first-order chi connectivity index (χ1) is 8.42. The van der Waals surface area contributed by atoms with E-state index in [9.17, 15) is 4.79 Å². The van der Waals surface area contributed by atoms with Gasteiger partial charge in [0.1, 0.15) is 5.60 Å². The lowest BCUT2D eigenvalue weighted by molar-refractivity contribution is -0.149. The maximum Gasteiger partial charge on any atom is 0.334 e. The highest BCUT2D eigenvalue weighted by molar-refractivity contribution is 5.94. The van der Waals surface area contributed by atoms with Crippen molar-refractivity contribution < 1.29 is 9.53 Å². The van der Waals surface area contributed by atoms with Crippen LogP contribution in [0.15, 0.2) is 48.6 Å². The van der Waals surface area contributed by atoms with Gasteiger partial charge in [0.15, 0.2) is 0 Å². The summed E-state index contributed by atoms with van der Waals surface area (Å²) in [5, 5.41) is 0. The van der Waals surface area contributed by atoms with Crippen molar-refractivity contribution >= 4 is 12.0 Å². The minimum atomic E-state index is -0.478. The molecule has 0 N–H and O–H groups in total. The third kappa shape index (κ3) is 5.00. The maximum absolute atomic E-state index is 12.0. The molecule has 0 amide bonds. The van der Waals surface area contributed by atoms with E-state index in [0.717, 1.165) is 5.56 Å². The zero-order chi connectivity index (χ0) is 13.6. The van der Waals surface area contributed by atoms with Crippen LogP contribution in [0.4, 0.5) is 0 Å². The highest BCUT2D eigenvalue weighted by atomic mass is 16.6. The molecular weight excluding hydrogens is 224 g/mol. The predicted octanol–water partition coefficient (Wildman–Crippen LogP) is 3.99. The lowest BCUT2D eigenvalue weighted by atomic mass is 10.1. The van der Waals surface area contributed by atoms with Gasteiger partial charge in [0, 0.05) is 5.57 Å². The molecule has 0 saturated heterocycles. The number of esters is 1. The summed E-state index contributed by atoms with van der Waals surface area (Å²) < 4.78 is 5.37. The van der Waals surface area contributed by atoms with E-state index < -0.39 is 5.60 Å². The van der Waals surface area contributed by atoms with E-state index in [4.69, 9.17) is 4.74 Å². The molecule has 2 nitrogen and oxygen atoms in total. The molecule has 18 heavy (non-hydrogen) atoms. The van der Waals surface area contributed by atoms with Gasteiger partial charge in [-0.05, 0) is 38.8 Å². The van der Waals surface area contributed by atoms with Gasteiger partial charge in [-0.2, -0.15) is 0 Å². The van der Waals surface area contributed by atoms with E-state index in [2.05, 4.69) is 6.58 Å². The maximum atomic E-state index is 12.0. The van der Waals surface area contributed by atoms with Gasteiger partial charge in [-0.25, -0.2) is 4.79 Å². The normalized spacial score (nSPS) is 12.1. The Labute approximate surface area is 109 Å². The van der Waals surface area contributed by atoms with Crippen molar-refractivity contribution in [3.8, 4) is 0 Å². The van der Waals surface area contributed by atoms with E-state index >= 15 is 0 Å². The highest BCUT2D eigenvalue weighted by Gasteiger charge is 2.18. The van der Waals surface area contributed by atoms with Gasteiger partial charge in [0.25, 0.3) is 0 Å². The Morgan fingerprint density at radius 3 is 2.39 bits per heavy atom. The number of ether oxygens (including phenoxy) is 1. The molecule has 0 saturated carbocycles. The molecule has 96 valence electrons. The molecule has 0 aliphatic heterocycles. The third-order valence-electron chi connectivity index (χ3n) is 2.17. The van der Waals surface area contributed by atoms with Gasteiger partial charge < -0.3 is 4.74 Å². The molecule has 0 unspecified atom stereocenters. The molecule has 0 spiro atoms. The molecule has 0 aliphatic rings. The van der Waals surface area contributed by atoms with Crippen LogP contribution in [0, 0.1) is 0 Å². The van der Waals surface area contributed by atoms with Crippen LogP contribution in [0.25, 0.3) is 6.08 Å². The number of hydrogen-bond acceptors (Lipinski definition) is 2. The lowest BCUT2D eigenvalue weighted by Crippen LogP contribution is -2.24. The van der Waals surface area contributed by atoms with E-state index in [-0.39, 0.29) is 5.97 Å². The second-order valence-corrected chi connectivity index (χ2v) is 5.07. The molecule has 0 aliphatic carbocycles. The molecule has 0 radical (unpaired) electrons. The highest BCUT2D eigenvalue weighted by Crippen LogP contribution is 2.16. The van der Waals surface area contributed by atoms with Gasteiger partial charge >= 0.3 is 5.97 Å². The van der Waals surface area contributed by atoms with E-state index in [1.54, 1.807) is 6.08 Å². The molecule has 1 aromatic rings. The van der Waals surface area contributed by atoms with E-state index in [1.165, 1.54) is 0 Å². The Morgan fingerprint density at radius 1 is 1.28 bits per heavy atom. The average molecular weight is 244 g/mol. The smallest absolute Gasteiger partial charge is 0.334 e. The van der Waals surface area contributed by atoms with E-state index in [1.807, 2.05) is 57.2 Å². The first kappa shape index (κ1) is 14.2. The van der Waals surface area contributed by atoms with Crippen molar-refractivity contribution in [3.05, 3.63) is 54.1 Å². The van der Waals surface area contributed by atoms with Gasteiger partial charge in [-0.3, -0.25) is 0 Å². The first-order valence-electron chi connectivity index (χ1n) is 6.02. The Morgan fingerprint density at radius 2 is 1.89 bits per heavy atom. The Hall–Kier alpha value is -1.83. The van der Waals surface area contributed by atoms with Gasteiger partial charge in [-0.1, -0.05) is 36.4 Å². The summed E-state index contributed by atoms with van der Waals surface area (Å²) in [5.74, 6) is -0.286. The fourth-order valence-corrected chi connectivity index (χ4v) is 1.45. The number of rotatable bonds is 4. The van der Waals surface area contributed by atoms with Crippen molar-refractivity contribution in [1.82, 2.24) is 0 Å². The van der Waals surface area contributed by atoms with Gasteiger partial charge in [-0.15, -0.1) is 6.58 Å². The second kappa shape index (κ2) is 6.20. The Bertz CT molecular complexity index is 436. The van der Waals surface area contributed by atoms with Crippen molar-refractivity contribution in [2.24, 2.45) is 0 Å². The minimum absolute atomic E-state index is 0.286. The lowest BCUT2D eigenvalue weighted by Gasteiger charge is -2.20. The fourth-order valence-electron chi connectivity index (χ4n) is 1.45. The Kier molecular flexibility index (Phi) is 4.90. The molecule has 0 fully saturated rings. The quantitative estimate of drug-likeness (QED) is 0.455. The van der Waals surface area contributed by atoms with Crippen LogP contribution in [-0.2, 0) is 9.53 Å². The molecule has 0 heterocycles. The van der Waals surface area contributed by atoms with Crippen molar-refractivity contribution in [2.45, 2.75) is 32.8 Å². The standard InChI is InChI=1S/C16H20O2/c1-5-9-14(15(17)18-16(2,3)4)12-13-10-7-6-8-11-13/h5-8,10-12H,1,9H2,2-4H3/b14-12+. The van der Waals surface area contributed by atoms with Crippen LogP contribution >= 0.6 is 0 Å². The largest absolute Gasteiger partial charge is 0.457 e. The average Bonchev–Trinajstić information content (AvgIpc) is 2.27. The van der Waals surface area contributed by atoms with Gasteiger partial charge in [0.05, 0.1) is 0 Å². The fraction of sp³-hybridized carbons (Fsp3) is 0.312. The molecule has 0 aromatic heterocycles. The summed E-state index contributed by atoms with van der Waals surface area (Å²) >= 11 is 0. The first-order valence-corrected chi connectivity index (χ1v) is 6.02. The minimum Gasteiger partial charge on any atom is -0.457 e. The van der Waals surface area contributed by atoms with Crippen LogP contribution < -0.4 is 0 Å². The number of carbonyl (C=O) groups excluding carboxylic acids is 1. The van der Waals surface area contributed by atoms with Crippen LogP contribution in [0.3, 0.4) is 0 Å². The number of carbonyl (C=O) groups is 1. The van der Waals surface area contributed by atoms with Crippen LogP contribution in [-0.4, -0.2) is 11.6 Å². The van der Waals surface area contributed by atoms with Crippen molar-refractivity contribution in [3.63, 3.8) is 0 Å². The van der Waals surface area contributed by atoms with Crippen molar-refractivity contribution in [2.75, 3.05) is 0 Å². The summed E-state index contributed by atoms with van der Waals surface area (Å²) in [5.41, 5.74) is 1.12. The van der Waals surface area contributed by atoms with Crippen molar-refractivity contribution in [1.29, 1.82) is 0 Å². The summed E-state index contributed by atoms with van der Waals surface area (Å²) in [6.07, 6.45) is 4.05. The second-order valence-electron chi connectivity index (χ2n) is 5.07. The molecular formula is C16H20O2. The summed E-state index contributed by atoms with van der Waals surface area (Å²) in [7, 11) is 0. The zero-order valence-corrected chi connectivity index (χ0v) is 11.3. The summed E-state index contributed by atoms with van der Waals surface area (Å²) in [6.45, 7) is 9.25. The number of benzene rings is 1. The third-order valence-corrected chi connectivity index (χ3v) is 2.17. The molecule has 0 bridgehead atoms. The molecule has 0 atom stereocenters. The molecule has 2 heteroatoms. The summed E-state index contributed by atoms with van der Waals surface area (Å²) in [6, 6.07) is 9.72. The zero-order valence-electron chi connectivity index (χ0n) is 11.3. The monoisotopic (exact) mass is 244 g/mol. The molecule has 1 aromatic carbocycles. The van der Waals surface area contributed by atoms with Crippen LogP contribution in [0.1, 0.15) is 32.8 Å². The topological polar surface area (TPSA) is 26.3 Å².